The molecule has 1 atom stereocenters. The molecule has 0 aliphatic carbocycles. The highest BCUT2D eigenvalue weighted by Gasteiger charge is 2.19. The van der Waals surface area contributed by atoms with E-state index < -0.39 is 0 Å². The number of rotatable bonds is 6. The highest BCUT2D eigenvalue weighted by Crippen LogP contribution is 2.30. The predicted octanol–water partition coefficient (Wildman–Crippen LogP) is 4.60. The van der Waals surface area contributed by atoms with Crippen molar-refractivity contribution < 1.29 is 9.47 Å². The molecule has 0 radical (unpaired) electrons. The average Bonchev–Trinajstić information content (AvgIpc) is 3.17. The number of methoxy groups -OCH3 is 1. The van der Waals surface area contributed by atoms with Gasteiger partial charge in [0.25, 0.3) is 0 Å². The van der Waals surface area contributed by atoms with Crippen LogP contribution < -0.4 is 4.74 Å². The van der Waals surface area contributed by atoms with Crippen LogP contribution in [0, 0.1) is 0 Å². The van der Waals surface area contributed by atoms with Crippen LogP contribution in [-0.4, -0.2) is 40.3 Å². The van der Waals surface area contributed by atoms with Gasteiger partial charge in [-0.2, -0.15) is 0 Å². The van der Waals surface area contributed by atoms with Gasteiger partial charge in [-0.15, -0.1) is 10.2 Å². The Labute approximate surface area is 163 Å². The van der Waals surface area contributed by atoms with Crippen LogP contribution in [0.5, 0.6) is 5.75 Å². The van der Waals surface area contributed by atoms with Crippen LogP contribution in [0.25, 0.3) is 17.1 Å². The molecule has 0 unspecified atom stereocenters. The van der Waals surface area contributed by atoms with Gasteiger partial charge in [-0.3, -0.25) is 4.57 Å². The fraction of sp³-hybridized carbons (Fsp3) is 0.333. The van der Waals surface area contributed by atoms with Gasteiger partial charge in [0.05, 0.1) is 13.2 Å². The van der Waals surface area contributed by atoms with Gasteiger partial charge >= 0.3 is 0 Å². The fourth-order valence-electron chi connectivity index (χ4n) is 3.21. The monoisotopic (exact) mass is 381 g/mol. The topological polar surface area (TPSA) is 49.2 Å². The number of aromatic nitrogens is 3. The third-order valence-corrected chi connectivity index (χ3v) is 5.73. The molecule has 1 aliphatic heterocycles. The molecule has 1 aliphatic rings. The van der Waals surface area contributed by atoms with Gasteiger partial charge in [-0.05, 0) is 43.5 Å². The zero-order valence-corrected chi connectivity index (χ0v) is 16.2. The predicted molar refractivity (Wildman–Crippen MR) is 108 cm³/mol. The molecule has 0 N–H and O–H groups in total. The molecule has 3 aromatic rings. The first-order valence-corrected chi connectivity index (χ1v) is 10.2. The van der Waals surface area contributed by atoms with Crippen molar-refractivity contribution in [2.75, 3.05) is 19.5 Å². The normalized spacial score (nSPS) is 17.0. The smallest absolute Gasteiger partial charge is 0.196 e. The van der Waals surface area contributed by atoms with E-state index in [0.717, 1.165) is 46.8 Å². The highest BCUT2D eigenvalue weighted by molar-refractivity contribution is 7.99. The Morgan fingerprint density at radius 3 is 2.59 bits per heavy atom. The van der Waals surface area contributed by atoms with Crippen molar-refractivity contribution in [2.45, 2.75) is 30.5 Å². The molecule has 0 spiro atoms. The first kappa shape index (κ1) is 18.1. The van der Waals surface area contributed by atoms with Crippen LogP contribution in [0.2, 0.25) is 0 Å². The van der Waals surface area contributed by atoms with E-state index in [4.69, 9.17) is 9.47 Å². The molecule has 140 valence electrons. The quantitative estimate of drug-likeness (QED) is 0.584. The highest BCUT2D eigenvalue weighted by atomic mass is 32.2. The lowest BCUT2D eigenvalue weighted by Crippen LogP contribution is -2.21. The summed E-state index contributed by atoms with van der Waals surface area (Å²) in [5.41, 5.74) is 2.06. The van der Waals surface area contributed by atoms with E-state index in [1.807, 2.05) is 42.5 Å². The maximum atomic E-state index is 5.87. The second-order valence-electron chi connectivity index (χ2n) is 6.51. The van der Waals surface area contributed by atoms with Crippen LogP contribution in [0.15, 0.2) is 59.8 Å². The molecule has 1 fully saturated rings. The molecule has 0 bridgehead atoms. The Morgan fingerprint density at radius 2 is 1.89 bits per heavy atom. The van der Waals surface area contributed by atoms with Crippen molar-refractivity contribution in [3.8, 4) is 22.8 Å². The maximum Gasteiger partial charge on any atom is 0.196 e. The summed E-state index contributed by atoms with van der Waals surface area (Å²) in [6.45, 7) is 0.867. The van der Waals surface area contributed by atoms with Crippen LogP contribution in [0.3, 0.4) is 0 Å². The van der Waals surface area contributed by atoms with E-state index in [9.17, 15) is 0 Å². The molecule has 0 saturated carbocycles. The van der Waals surface area contributed by atoms with Crippen LogP contribution in [0.4, 0.5) is 0 Å². The largest absolute Gasteiger partial charge is 0.497 e. The molecule has 5 nitrogen and oxygen atoms in total. The van der Waals surface area contributed by atoms with Gasteiger partial charge in [-0.1, -0.05) is 42.1 Å². The minimum Gasteiger partial charge on any atom is -0.497 e. The van der Waals surface area contributed by atoms with E-state index >= 15 is 0 Å². The first-order chi connectivity index (χ1) is 13.3. The van der Waals surface area contributed by atoms with Crippen LogP contribution >= 0.6 is 11.8 Å². The average molecular weight is 382 g/mol. The molecule has 2 aromatic carbocycles. The summed E-state index contributed by atoms with van der Waals surface area (Å²) in [7, 11) is 1.68. The fourth-order valence-corrected chi connectivity index (χ4v) is 4.23. The lowest BCUT2D eigenvalue weighted by molar-refractivity contribution is 0.0315. The summed E-state index contributed by atoms with van der Waals surface area (Å²) in [6, 6.07) is 18.2. The Hall–Kier alpha value is -2.31. The molecule has 1 saturated heterocycles. The zero-order chi connectivity index (χ0) is 18.5. The van der Waals surface area contributed by atoms with Gasteiger partial charge in [-0.25, -0.2) is 0 Å². The summed E-state index contributed by atoms with van der Waals surface area (Å²) < 4.78 is 13.3. The van der Waals surface area contributed by atoms with Crippen molar-refractivity contribution >= 4 is 11.8 Å². The van der Waals surface area contributed by atoms with E-state index in [2.05, 4.69) is 26.9 Å². The molecule has 27 heavy (non-hydrogen) atoms. The van der Waals surface area contributed by atoms with Crippen molar-refractivity contribution in [1.29, 1.82) is 0 Å². The summed E-state index contributed by atoms with van der Waals surface area (Å²) in [5.74, 6) is 2.56. The minimum atomic E-state index is 0.296. The van der Waals surface area contributed by atoms with E-state index in [1.165, 1.54) is 12.8 Å². The number of thioether (sulfide) groups is 1. The maximum absolute atomic E-state index is 5.87. The summed E-state index contributed by atoms with van der Waals surface area (Å²) in [4.78, 5) is 0. The SMILES string of the molecule is COc1ccc(-n2c(SC[C@H]3CCCCO3)nnc2-c2ccccc2)cc1. The zero-order valence-electron chi connectivity index (χ0n) is 15.4. The first-order valence-electron chi connectivity index (χ1n) is 9.25. The number of hydrogen-bond acceptors (Lipinski definition) is 5. The Balaban J connectivity index is 1.66. The van der Waals surface area contributed by atoms with Gasteiger partial charge in [0.1, 0.15) is 5.75 Å². The van der Waals surface area contributed by atoms with Gasteiger partial charge in [0.2, 0.25) is 0 Å². The van der Waals surface area contributed by atoms with E-state index in [-0.39, 0.29) is 0 Å². The van der Waals surface area contributed by atoms with Gasteiger partial charge < -0.3 is 9.47 Å². The second-order valence-corrected chi connectivity index (χ2v) is 7.49. The third-order valence-electron chi connectivity index (χ3n) is 4.67. The van der Waals surface area contributed by atoms with E-state index in [0.29, 0.717) is 6.10 Å². The van der Waals surface area contributed by atoms with Crippen LogP contribution in [0.1, 0.15) is 19.3 Å². The number of hydrogen-bond donors (Lipinski definition) is 0. The summed E-state index contributed by atoms with van der Waals surface area (Å²) in [5, 5.41) is 9.86. The van der Waals surface area contributed by atoms with Crippen molar-refractivity contribution in [1.82, 2.24) is 14.8 Å². The second kappa shape index (κ2) is 8.59. The van der Waals surface area contributed by atoms with Gasteiger partial charge in [0, 0.05) is 23.6 Å². The summed E-state index contributed by atoms with van der Waals surface area (Å²) >= 11 is 1.71. The lowest BCUT2D eigenvalue weighted by Gasteiger charge is -2.22. The number of ether oxygens (including phenoxy) is 2. The molecule has 0 amide bonds. The minimum absolute atomic E-state index is 0.296. The molecule has 2 heterocycles. The van der Waals surface area contributed by atoms with Crippen molar-refractivity contribution in [3.05, 3.63) is 54.6 Å². The van der Waals surface area contributed by atoms with Gasteiger partial charge in [0.15, 0.2) is 11.0 Å². The molecule has 4 rings (SSSR count). The molecular formula is C21H23N3O2S. The number of nitrogens with zero attached hydrogens (tertiary/aromatic N) is 3. The lowest BCUT2D eigenvalue weighted by atomic mass is 10.1. The third kappa shape index (κ3) is 4.17. The van der Waals surface area contributed by atoms with Crippen molar-refractivity contribution in [2.24, 2.45) is 0 Å². The van der Waals surface area contributed by atoms with E-state index in [1.54, 1.807) is 18.9 Å². The Morgan fingerprint density at radius 1 is 1.07 bits per heavy atom. The molecule has 6 heteroatoms. The standard InChI is InChI=1S/C21H23N3O2S/c1-25-18-12-10-17(11-13-18)24-20(16-7-3-2-4-8-16)22-23-21(24)27-15-19-9-5-6-14-26-19/h2-4,7-8,10-13,19H,5-6,9,14-15H2,1H3/t19-/m1/s1. The van der Waals surface area contributed by atoms with Crippen molar-refractivity contribution in [3.63, 3.8) is 0 Å². The Kier molecular flexibility index (Phi) is 5.75. The molecule has 1 aromatic heterocycles. The summed E-state index contributed by atoms with van der Waals surface area (Å²) in [6.07, 6.45) is 3.83. The number of benzene rings is 2. The Bertz CT molecular complexity index is 859. The molecular weight excluding hydrogens is 358 g/mol. The van der Waals surface area contributed by atoms with Crippen LogP contribution in [-0.2, 0) is 4.74 Å².